The van der Waals surface area contributed by atoms with E-state index in [2.05, 4.69) is 20.4 Å². The molecular formula is C16H32N4O2. The zero-order valence-corrected chi connectivity index (χ0v) is 14.4. The lowest BCUT2D eigenvalue weighted by atomic mass is 9.96. The summed E-state index contributed by atoms with van der Waals surface area (Å²) in [5.41, 5.74) is -0.301. The van der Waals surface area contributed by atoms with Crippen molar-refractivity contribution in [1.29, 1.82) is 0 Å². The quantitative estimate of drug-likeness (QED) is 0.474. The van der Waals surface area contributed by atoms with Crippen LogP contribution in [-0.2, 0) is 9.59 Å². The SMILES string of the molecule is CC(C)(C)C(=O)NCCCN1CCN(CCCNC=O)CC1. The normalized spacial score (nSPS) is 17.2. The molecule has 22 heavy (non-hydrogen) atoms. The van der Waals surface area contributed by atoms with Gasteiger partial charge in [0.25, 0.3) is 0 Å². The van der Waals surface area contributed by atoms with E-state index >= 15 is 0 Å². The van der Waals surface area contributed by atoms with E-state index in [1.807, 2.05) is 20.8 Å². The molecule has 0 atom stereocenters. The number of hydrogen-bond donors (Lipinski definition) is 2. The lowest BCUT2D eigenvalue weighted by molar-refractivity contribution is -0.128. The van der Waals surface area contributed by atoms with Gasteiger partial charge in [-0.05, 0) is 25.9 Å². The summed E-state index contributed by atoms with van der Waals surface area (Å²) in [6, 6.07) is 0. The molecule has 1 aliphatic heterocycles. The summed E-state index contributed by atoms with van der Waals surface area (Å²) in [5, 5.41) is 5.70. The standard InChI is InChI=1S/C16H32N4O2/c1-16(2,3)15(22)18-7-5-9-20-12-10-19(11-13-20)8-4-6-17-14-21/h14H,4-13H2,1-3H3,(H,17,21)(H,18,22). The molecule has 0 bridgehead atoms. The number of piperazine rings is 1. The van der Waals surface area contributed by atoms with Gasteiger partial charge in [-0.3, -0.25) is 9.59 Å². The number of carbonyl (C=O) groups is 2. The molecule has 2 amide bonds. The van der Waals surface area contributed by atoms with Crippen LogP contribution in [-0.4, -0.2) is 74.5 Å². The summed E-state index contributed by atoms with van der Waals surface area (Å²) in [7, 11) is 0. The Kier molecular flexibility index (Phi) is 8.42. The summed E-state index contributed by atoms with van der Waals surface area (Å²) in [4.78, 5) is 26.8. The van der Waals surface area contributed by atoms with E-state index in [4.69, 9.17) is 0 Å². The molecule has 1 fully saturated rings. The minimum atomic E-state index is -0.301. The highest BCUT2D eigenvalue weighted by Gasteiger charge is 2.20. The third-order valence-electron chi connectivity index (χ3n) is 3.96. The molecule has 0 aromatic rings. The van der Waals surface area contributed by atoms with E-state index in [0.29, 0.717) is 0 Å². The largest absolute Gasteiger partial charge is 0.359 e. The lowest BCUT2D eigenvalue weighted by Gasteiger charge is -2.34. The highest BCUT2D eigenvalue weighted by Crippen LogP contribution is 2.12. The fraction of sp³-hybridized carbons (Fsp3) is 0.875. The van der Waals surface area contributed by atoms with E-state index in [9.17, 15) is 9.59 Å². The molecule has 6 nitrogen and oxygen atoms in total. The molecule has 1 saturated heterocycles. The van der Waals surface area contributed by atoms with Crippen molar-refractivity contribution in [3.8, 4) is 0 Å². The van der Waals surface area contributed by atoms with Gasteiger partial charge in [-0.15, -0.1) is 0 Å². The van der Waals surface area contributed by atoms with E-state index in [0.717, 1.165) is 71.6 Å². The summed E-state index contributed by atoms with van der Waals surface area (Å²) in [6.45, 7) is 13.8. The van der Waals surface area contributed by atoms with Crippen LogP contribution in [0.1, 0.15) is 33.6 Å². The first kappa shape index (κ1) is 18.9. The highest BCUT2D eigenvalue weighted by molar-refractivity contribution is 5.81. The van der Waals surface area contributed by atoms with Crippen molar-refractivity contribution < 1.29 is 9.59 Å². The van der Waals surface area contributed by atoms with Gasteiger partial charge in [0.15, 0.2) is 0 Å². The first-order chi connectivity index (χ1) is 10.4. The average molecular weight is 312 g/mol. The van der Waals surface area contributed by atoms with Gasteiger partial charge in [0, 0.05) is 44.7 Å². The number of hydrogen-bond acceptors (Lipinski definition) is 4. The Morgan fingerprint density at radius 1 is 1.00 bits per heavy atom. The zero-order valence-electron chi connectivity index (χ0n) is 14.4. The number of amides is 2. The van der Waals surface area contributed by atoms with Crippen LogP contribution in [0.25, 0.3) is 0 Å². The van der Waals surface area contributed by atoms with Crippen LogP contribution < -0.4 is 10.6 Å². The van der Waals surface area contributed by atoms with E-state index < -0.39 is 0 Å². The first-order valence-electron chi connectivity index (χ1n) is 8.33. The molecule has 2 N–H and O–H groups in total. The molecule has 0 aliphatic carbocycles. The number of nitrogens with one attached hydrogen (secondary N) is 2. The molecular weight excluding hydrogens is 280 g/mol. The Hall–Kier alpha value is -1.14. The molecule has 1 aliphatic rings. The van der Waals surface area contributed by atoms with Crippen LogP contribution in [0.5, 0.6) is 0 Å². The first-order valence-corrected chi connectivity index (χ1v) is 8.33. The van der Waals surface area contributed by atoms with Crippen molar-refractivity contribution in [3.05, 3.63) is 0 Å². The molecule has 0 aromatic heterocycles. The predicted octanol–water partition coefficient (Wildman–Crippen LogP) is 0.293. The molecule has 6 heteroatoms. The molecule has 1 rings (SSSR count). The van der Waals surface area contributed by atoms with Crippen LogP contribution in [0.15, 0.2) is 0 Å². The lowest BCUT2D eigenvalue weighted by Crippen LogP contribution is -2.47. The van der Waals surface area contributed by atoms with Crippen molar-refractivity contribution in [2.24, 2.45) is 5.41 Å². The number of carbonyl (C=O) groups excluding carboxylic acids is 2. The van der Waals surface area contributed by atoms with Crippen LogP contribution in [0.2, 0.25) is 0 Å². The van der Waals surface area contributed by atoms with Crippen molar-refractivity contribution in [2.75, 3.05) is 52.4 Å². The van der Waals surface area contributed by atoms with Crippen LogP contribution in [0, 0.1) is 5.41 Å². The van der Waals surface area contributed by atoms with Gasteiger partial charge >= 0.3 is 0 Å². The maximum Gasteiger partial charge on any atom is 0.225 e. The Labute approximate surface area is 134 Å². The molecule has 0 radical (unpaired) electrons. The van der Waals surface area contributed by atoms with Gasteiger partial charge in [-0.1, -0.05) is 20.8 Å². The highest BCUT2D eigenvalue weighted by atomic mass is 16.2. The molecule has 0 aromatic carbocycles. The van der Waals surface area contributed by atoms with Crippen LogP contribution in [0.3, 0.4) is 0 Å². The van der Waals surface area contributed by atoms with E-state index in [1.54, 1.807) is 0 Å². The van der Waals surface area contributed by atoms with Crippen molar-refractivity contribution >= 4 is 12.3 Å². The van der Waals surface area contributed by atoms with Gasteiger partial charge in [-0.25, -0.2) is 0 Å². The summed E-state index contributed by atoms with van der Waals surface area (Å²) >= 11 is 0. The van der Waals surface area contributed by atoms with Crippen molar-refractivity contribution in [3.63, 3.8) is 0 Å². The average Bonchev–Trinajstić information content (AvgIpc) is 2.48. The second-order valence-electron chi connectivity index (χ2n) is 6.97. The monoisotopic (exact) mass is 312 g/mol. The smallest absolute Gasteiger partial charge is 0.225 e. The predicted molar refractivity (Wildman–Crippen MR) is 88.6 cm³/mol. The second kappa shape index (κ2) is 9.79. The Morgan fingerprint density at radius 3 is 1.95 bits per heavy atom. The van der Waals surface area contributed by atoms with Crippen LogP contribution in [0.4, 0.5) is 0 Å². The summed E-state index contributed by atoms with van der Waals surface area (Å²) in [6.07, 6.45) is 2.78. The number of rotatable bonds is 9. The van der Waals surface area contributed by atoms with Crippen molar-refractivity contribution in [1.82, 2.24) is 20.4 Å². The molecule has 0 unspecified atom stereocenters. The Morgan fingerprint density at radius 2 is 1.50 bits per heavy atom. The molecule has 0 spiro atoms. The molecule has 1 heterocycles. The van der Waals surface area contributed by atoms with Gasteiger partial charge in [0.05, 0.1) is 0 Å². The Bertz CT molecular complexity index is 334. The minimum absolute atomic E-state index is 0.126. The topological polar surface area (TPSA) is 64.7 Å². The van der Waals surface area contributed by atoms with Gasteiger partial charge < -0.3 is 20.4 Å². The van der Waals surface area contributed by atoms with Gasteiger partial charge in [0.1, 0.15) is 0 Å². The fourth-order valence-corrected chi connectivity index (χ4v) is 2.47. The second-order valence-corrected chi connectivity index (χ2v) is 6.97. The maximum atomic E-state index is 11.7. The minimum Gasteiger partial charge on any atom is -0.359 e. The van der Waals surface area contributed by atoms with E-state index in [1.165, 1.54) is 0 Å². The summed E-state index contributed by atoms with van der Waals surface area (Å²) < 4.78 is 0. The number of nitrogens with zero attached hydrogens (tertiary/aromatic N) is 2. The third kappa shape index (κ3) is 7.75. The van der Waals surface area contributed by atoms with Gasteiger partial charge in [0.2, 0.25) is 12.3 Å². The maximum absolute atomic E-state index is 11.7. The fourth-order valence-electron chi connectivity index (χ4n) is 2.47. The van der Waals surface area contributed by atoms with Gasteiger partial charge in [-0.2, -0.15) is 0 Å². The third-order valence-corrected chi connectivity index (χ3v) is 3.96. The zero-order chi connectivity index (χ0) is 16.4. The summed E-state index contributed by atoms with van der Waals surface area (Å²) in [5.74, 6) is 0.126. The molecule has 0 saturated carbocycles. The molecule has 128 valence electrons. The van der Waals surface area contributed by atoms with Crippen molar-refractivity contribution in [2.45, 2.75) is 33.6 Å². The van der Waals surface area contributed by atoms with Crippen LogP contribution >= 0.6 is 0 Å². The van der Waals surface area contributed by atoms with E-state index in [-0.39, 0.29) is 11.3 Å². The Balaban J connectivity index is 2.03.